The van der Waals surface area contributed by atoms with Crippen LogP contribution in [0.5, 0.6) is 0 Å². The van der Waals surface area contributed by atoms with Crippen molar-refractivity contribution < 1.29 is 28.6 Å². The largest absolute Gasteiger partial charge is 0.481 e. The molecule has 0 heterocycles. The van der Waals surface area contributed by atoms with Gasteiger partial charge in [0.25, 0.3) is 5.91 Å². The molecule has 2 amide bonds. The van der Waals surface area contributed by atoms with Gasteiger partial charge in [-0.15, -0.1) is 0 Å². The lowest BCUT2D eigenvalue weighted by Gasteiger charge is -2.16. The van der Waals surface area contributed by atoms with E-state index < -0.39 is 29.7 Å². The third-order valence-corrected chi connectivity index (χ3v) is 6.16. The third-order valence-electron chi connectivity index (χ3n) is 6.16. The van der Waals surface area contributed by atoms with E-state index in [4.69, 9.17) is 9.84 Å². The first-order valence-electron chi connectivity index (χ1n) is 11.3. The van der Waals surface area contributed by atoms with E-state index in [1.54, 1.807) is 6.92 Å². The maximum atomic E-state index is 13.9. The summed E-state index contributed by atoms with van der Waals surface area (Å²) >= 11 is 0. The molecule has 3 aromatic carbocycles. The standard InChI is InChI=1S/C27H25FN2O5/c1-2-16(26(32)33)14-29-25(31)22-13-17(28)11-12-24(22)30-27(34)35-15-23-20-9-5-3-7-18(20)19-8-4-6-10-21(19)23/h3-13,16,23H,2,14-15H2,1H3,(H,29,31)(H,30,34)(H,32,33). The number of benzene rings is 3. The van der Waals surface area contributed by atoms with Gasteiger partial charge in [0.15, 0.2) is 0 Å². The van der Waals surface area contributed by atoms with E-state index in [9.17, 15) is 18.8 Å². The van der Waals surface area contributed by atoms with Crippen LogP contribution in [0.25, 0.3) is 11.1 Å². The Morgan fingerprint density at radius 1 is 1.00 bits per heavy atom. The Hall–Kier alpha value is -4.20. The summed E-state index contributed by atoms with van der Waals surface area (Å²) in [5, 5.41) is 14.2. The Kier molecular flexibility index (Phi) is 7.10. The van der Waals surface area contributed by atoms with Crippen molar-refractivity contribution in [2.45, 2.75) is 19.3 Å². The van der Waals surface area contributed by atoms with Crippen molar-refractivity contribution in [2.24, 2.45) is 5.92 Å². The molecule has 8 heteroatoms. The number of fused-ring (bicyclic) bond motifs is 3. The number of halogens is 1. The van der Waals surface area contributed by atoms with E-state index in [2.05, 4.69) is 10.6 Å². The first-order chi connectivity index (χ1) is 16.9. The molecule has 0 aromatic heterocycles. The molecule has 180 valence electrons. The van der Waals surface area contributed by atoms with Gasteiger partial charge in [-0.25, -0.2) is 9.18 Å². The smallest absolute Gasteiger partial charge is 0.411 e. The van der Waals surface area contributed by atoms with Crippen LogP contribution in [0, 0.1) is 11.7 Å². The summed E-state index contributed by atoms with van der Waals surface area (Å²) in [6, 6.07) is 19.2. The second-order valence-electron chi connectivity index (χ2n) is 8.29. The molecule has 0 bridgehead atoms. The molecule has 1 unspecified atom stereocenters. The fourth-order valence-electron chi connectivity index (χ4n) is 4.28. The second kappa shape index (κ2) is 10.4. The van der Waals surface area contributed by atoms with Crippen molar-refractivity contribution in [2.75, 3.05) is 18.5 Å². The monoisotopic (exact) mass is 476 g/mol. The van der Waals surface area contributed by atoms with Gasteiger partial charge in [0.1, 0.15) is 12.4 Å². The van der Waals surface area contributed by atoms with Crippen molar-refractivity contribution >= 4 is 23.7 Å². The highest BCUT2D eigenvalue weighted by molar-refractivity contribution is 6.02. The second-order valence-corrected chi connectivity index (χ2v) is 8.29. The molecule has 7 nitrogen and oxygen atoms in total. The van der Waals surface area contributed by atoms with Gasteiger partial charge in [-0.1, -0.05) is 55.5 Å². The Bertz CT molecular complexity index is 1230. The molecule has 0 aliphatic heterocycles. The van der Waals surface area contributed by atoms with E-state index in [-0.39, 0.29) is 30.3 Å². The van der Waals surface area contributed by atoms with Gasteiger partial charge in [-0.3, -0.25) is 14.9 Å². The zero-order valence-electron chi connectivity index (χ0n) is 19.1. The van der Waals surface area contributed by atoms with E-state index in [1.807, 2.05) is 48.5 Å². The molecule has 3 N–H and O–H groups in total. The zero-order valence-corrected chi connectivity index (χ0v) is 19.1. The van der Waals surface area contributed by atoms with Crippen LogP contribution in [0.1, 0.15) is 40.7 Å². The zero-order chi connectivity index (χ0) is 24.9. The lowest BCUT2D eigenvalue weighted by atomic mass is 9.98. The number of hydrogen-bond donors (Lipinski definition) is 3. The predicted molar refractivity (Wildman–Crippen MR) is 129 cm³/mol. The minimum absolute atomic E-state index is 0.0597. The fraction of sp³-hybridized carbons (Fsp3) is 0.222. The van der Waals surface area contributed by atoms with Crippen LogP contribution in [0.4, 0.5) is 14.9 Å². The minimum Gasteiger partial charge on any atom is -0.481 e. The van der Waals surface area contributed by atoms with Crippen molar-refractivity contribution in [1.29, 1.82) is 0 Å². The van der Waals surface area contributed by atoms with Gasteiger partial charge in [-0.05, 0) is 46.9 Å². The number of rotatable bonds is 8. The molecular formula is C27H25FN2O5. The van der Waals surface area contributed by atoms with Gasteiger partial charge in [0.05, 0.1) is 17.2 Å². The Balaban J connectivity index is 1.45. The number of carbonyl (C=O) groups is 3. The average molecular weight is 477 g/mol. The fourth-order valence-corrected chi connectivity index (χ4v) is 4.28. The van der Waals surface area contributed by atoms with Crippen molar-refractivity contribution in [3.8, 4) is 11.1 Å². The number of ether oxygens (including phenoxy) is 1. The Morgan fingerprint density at radius 3 is 2.23 bits per heavy atom. The summed E-state index contributed by atoms with van der Waals surface area (Å²) in [6.07, 6.45) is -0.464. The van der Waals surface area contributed by atoms with Crippen LogP contribution in [0.3, 0.4) is 0 Å². The number of anilines is 1. The van der Waals surface area contributed by atoms with Crippen LogP contribution < -0.4 is 10.6 Å². The summed E-state index contributed by atoms with van der Waals surface area (Å²) in [4.78, 5) is 36.4. The molecule has 1 aliphatic rings. The molecule has 3 aromatic rings. The number of amides is 2. The molecule has 0 saturated heterocycles. The van der Waals surface area contributed by atoms with Crippen molar-refractivity contribution in [1.82, 2.24) is 5.32 Å². The third kappa shape index (κ3) is 5.16. The van der Waals surface area contributed by atoms with Crippen LogP contribution >= 0.6 is 0 Å². The Morgan fingerprint density at radius 2 is 1.63 bits per heavy atom. The highest BCUT2D eigenvalue weighted by Gasteiger charge is 2.29. The van der Waals surface area contributed by atoms with E-state index in [0.29, 0.717) is 6.42 Å². The van der Waals surface area contributed by atoms with Gasteiger partial charge in [-0.2, -0.15) is 0 Å². The highest BCUT2D eigenvalue weighted by Crippen LogP contribution is 2.44. The molecule has 4 rings (SSSR count). The van der Waals surface area contributed by atoms with Crippen LogP contribution in [-0.2, 0) is 9.53 Å². The van der Waals surface area contributed by atoms with Gasteiger partial charge in [0, 0.05) is 12.5 Å². The molecule has 35 heavy (non-hydrogen) atoms. The molecule has 1 atom stereocenters. The lowest BCUT2D eigenvalue weighted by Crippen LogP contribution is -2.33. The highest BCUT2D eigenvalue weighted by atomic mass is 19.1. The summed E-state index contributed by atoms with van der Waals surface area (Å²) in [6.45, 7) is 1.65. The molecule has 0 spiro atoms. The SMILES string of the molecule is CCC(CNC(=O)c1cc(F)ccc1NC(=O)OCC1c2ccccc2-c2ccccc21)C(=O)O. The van der Waals surface area contributed by atoms with Crippen LogP contribution in [0.2, 0.25) is 0 Å². The topological polar surface area (TPSA) is 105 Å². The number of carboxylic acid groups (broad SMARTS) is 1. The van der Waals surface area contributed by atoms with Gasteiger partial charge < -0.3 is 15.2 Å². The summed E-state index contributed by atoms with van der Waals surface area (Å²) in [5.74, 6) is -3.31. The van der Waals surface area contributed by atoms with Crippen LogP contribution in [-0.4, -0.2) is 36.2 Å². The van der Waals surface area contributed by atoms with E-state index in [1.165, 1.54) is 6.07 Å². The predicted octanol–water partition coefficient (Wildman–Crippen LogP) is 5.03. The molecule has 0 radical (unpaired) electrons. The first-order valence-corrected chi connectivity index (χ1v) is 11.3. The summed E-state index contributed by atoms with van der Waals surface area (Å²) in [5.41, 5.74) is 4.26. The first kappa shape index (κ1) is 23.9. The lowest BCUT2D eigenvalue weighted by molar-refractivity contribution is -0.141. The molecule has 0 saturated carbocycles. The summed E-state index contributed by atoms with van der Waals surface area (Å²) in [7, 11) is 0. The van der Waals surface area contributed by atoms with Crippen molar-refractivity contribution in [3.05, 3.63) is 89.2 Å². The number of carbonyl (C=O) groups excluding carboxylic acids is 2. The number of carboxylic acids is 1. The van der Waals surface area contributed by atoms with Crippen LogP contribution in [0.15, 0.2) is 66.7 Å². The quantitative estimate of drug-likeness (QED) is 0.423. The van der Waals surface area contributed by atoms with E-state index >= 15 is 0 Å². The maximum absolute atomic E-state index is 13.9. The minimum atomic E-state index is -1.04. The average Bonchev–Trinajstić information content (AvgIpc) is 3.17. The van der Waals surface area contributed by atoms with Gasteiger partial charge in [0.2, 0.25) is 0 Å². The molecular weight excluding hydrogens is 451 g/mol. The summed E-state index contributed by atoms with van der Waals surface area (Å²) < 4.78 is 19.4. The maximum Gasteiger partial charge on any atom is 0.411 e. The van der Waals surface area contributed by atoms with Crippen molar-refractivity contribution in [3.63, 3.8) is 0 Å². The number of aliphatic carboxylic acids is 1. The van der Waals surface area contributed by atoms with E-state index in [0.717, 1.165) is 34.4 Å². The molecule has 0 fully saturated rings. The van der Waals surface area contributed by atoms with Gasteiger partial charge >= 0.3 is 12.1 Å². The number of hydrogen-bond acceptors (Lipinski definition) is 4. The normalized spacial score (nSPS) is 12.9. The molecule has 1 aliphatic carbocycles. The Labute approximate surface area is 201 Å². The number of nitrogens with one attached hydrogen (secondary N) is 2.